The summed E-state index contributed by atoms with van der Waals surface area (Å²) in [6.07, 6.45) is 5.89. The average Bonchev–Trinajstić information content (AvgIpc) is 2.45. The molecular weight excluding hydrogens is 268 g/mol. The van der Waals surface area contributed by atoms with Crippen LogP contribution in [-0.2, 0) is 0 Å². The molecule has 104 valence electrons. The molecule has 1 aromatic heterocycles. The van der Waals surface area contributed by atoms with Crippen molar-refractivity contribution in [1.29, 1.82) is 0 Å². The zero-order chi connectivity index (χ0) is 14.5. The molecule has 0 aliphatic carbocycles. The maximum absolute atomic E-state index is 11.6. The van der Waals surface area contributed by atoms with E-state index >= 15 is 0 Å². The van der Waals surface area contributed by atoms with E-state index in [9.17, 15) is 4.79 Å². The number of hydrogen-bond donors (Lipinski definition) is 1. The minimum Gasteiger partial charge on any atom is -0.310 e. The summed E-state index contributed by atoms with van der Waals surface area (Å²) in [5.41, 5.74) is 1.67. The zero-order valence-electron chi connectivity index (χ0n) is 11.9. The van der Waals surface area contributed by atoms with Crippen molar-refractivity contribution in [1.82, 2.24) is 9.97 Å². The molecule has 0 aliphatic rings. The summed E-state index contributed by atoms with van der Waals surface area (Å²) in [7, 11) is 0. The fraction of sp³-hybridized carbons (Fsp3) is 0.250. The fourth-order valence-corrected chi connectivity index (χ4v) is 2.16. The zero-order valence-corrected chi connectivity index (χ0v) is 12.7. The van der Waals surface area contributed by atoms with Gasteiger partial charge < -0.3 is 4.98 Å². The van der Waals surface area contributed by atoms with Crippen LogP contribution in [0.25, 0.3) is 12.2 Å². The Morgan fingerprint density at radius 2 is 1.90 bits per heavy atom. The molecule has 1 heterocycles. The Bertz CT molecular complexity index is 657. The molecule has 0 amide bonds. The van der Waals surface area contributed by atoms with Gasteiger partial charge in [0, 0.05) is 16.9 Å². The molecule has 4 heteroatoms. The van der Waals surface area contributed by atoms with Crippen LogP contribution in [0.1, 0.15) is 36.8 Å². The molecule has 0 spiro atoms. The summed E-state index contributed by atoms with van der Waals surface area (Å²) in [4.78, 5) is 20.0. The maximum atomic E-state index is 11.6. The Labute approximate surface area is 123 Å². The molecule has 0 saturated carbocycles. The monoisotopic (exact) mass is 286 g/mol. The molecule has 2 aromatic rings. The highest BCUT2D eigenvalue weighted by atomic mass is 32.2. The third kappa shape index (κ3) is 3.84. The quantitative estimate of drug-likeness (QED) is 0.870. The number of aromatic nitrogens is 2. The van der Waals surface area contributed by atoms with Gasteiger partial charge in [0.25, 0.3) is 5.56 Å². The van der Waals surface area contributed by atoms with Crippen LogP contribution in [0.2, 0.25) is 0 Å². The van der Waals surface area contributed by atoms with Crippen LogP contribution in [-0.4, -0.2) is 16.2 Å². The fourth-order valence-electron chi connectivity index (χ4n) is 1.75. The van der Waals surface area contributed by atoms with Crippen molar-refractivity contribution in [3.8, 4) is 0 Å². The van der Waals surface area contributed by atoms with Crippen molar-refractivity contribution in [2.45, 2.75) is 24.7 Å². The first kappa shape index (κ1) is 14.6. The summed E-state index contributed by atoms with van der Waals surface area (Å²) in [5, 5.41) is 0. The second-order valence-corrected chi connectivity index (χ2v) is 5.70. The average molecular weight is 286 g/mol. The van der Waals surface area contributed by atoms with E-state index in [2.05, 4.69) is 40.5 Å². The normalized spacial score (nSPS) is 11.4. The molecule has 0 saturated heterocycles. The maximum Gasteiger partial charge on any atom is 0.251 e. The van der Waals surface area contributed by atoms with Crippen LogP contribution in [0, 0.1) is 0 Å². The number of thioether (sulfide) groups is 1. The van der Waals surface area contributed by atoms with Crippen molar-refractivity contribution >= 4 is 23.9 Å². The third-order valence-electron chi connectivity index (χ3n) is 2.89. The van der Waals surface area contributed by atoms with Crippen LogP contribution in [0.5, 0.6) is 0 Å². The molecular formula is C16H18N2OS. The van der Waals surface area contributed by atoms with Gasteiger partial charge in [-0.15, -0.1) is 11.8 Å². The number of hydrogen-bond acceptors (Lipinski definition) is 3. The molecule has 0 atom stereocenters. The van der Waals surface area contributed by atoms with Crippen LogP contribution >= 0.6 is 11.8 Å². The number of H-pyrrole nitrogens is 1. The van der Waals surface area contributed by atoms with Crippen LogP contribution in [0.3, 0.4) is 0 Å². The van der Waals surface area contributed by atoms with Gasteiger partial charge in [0.05, 0.1) is 5.69 Å². The lowest BCUT2D eigenvalue weighted by molar-refractivity contribution is 0.764. The van der Waals surface area contributed by atoms with Gasteiger partial charge in [0.2, 0.25) is 0 Å². The summed E-state index contributed by atoms with van der Waals surface area (Å²) < 4.78 is 0. The van der Waals surface area contributed by atoms with Gasteiger partial charge in [0.15, 0.2) is 0 Å². The topological polar surface area (TPSA) is 45.8 Å². The van der Waals surface area contributed by atoms with Gasteiger partial charge in [-0.3, -0.25) is 4.79 Å². The van der Waals surface area contributed by atoms with Gasteiger partial charge >= 0.3 is 0 Å². The Morgan fingerprint density at radius 1 is 1.20 bits per heavy atom. The molecule has 1 N–H and O–H groups in total. The van der Waals surface area contributed by atoms with Crippen LogP contribution < -0.4 is 5.56 Å². The summed E-state index contributed by atoms with van der Waals surface area (Å²) in [6.45, 7) is 4.01. The Kier molecular flexibility index (Phi) is 4.79. The van der Waals surface area contributed by atoms with E-state index in [4.69, 9.17) is 0 Å². The summed E-state index contributed by atoms with van der Waals surface area (Å²) in [6, 6.07) is 9.78. The van der Waals surface area contributed by atoms with E-state index in [1.807, 2.05) is 26.0 Å². The van der Waals surface area contributed by atoms with Crippen molar-refractivity contribution in [2.24, 2.45) is 0 Å². The lowest BCUT2D eigenvalue weighted by Gasteiger charge is -2.04. The summed E-state index contributed by atoms with van der Waals surface area (Å²) >= 11 is 1.72. The van der Waals surface area contributed by atoms with E-state index < -0.39 is 0 Å². The lowest BCUT2D eigenvalue weighted by atomic mass is 10.2. The lowest BCUT2D eigenvalue weighted by Crippen LogP contribution is -2.12. The first-order valence-electron chi connectivity index (χ1n) is 6.52. The molecule has 0 bridgehead atoms. The number of nitrogens with zero attached hydrogens (tertiary/aromatic N) is 1. The van der Waals surface area contributed by atoms with E-state index in [0.717, 1.165) is 11.4 Å². The predicted molar refractivity (Wildman–Crippen MR) is 86.1 cm³/mol. The molecule has 0 fully saturated rings. The first-order valence-corrected chi connectivity index (χ1v) is 7.74. The molecule has 0 radical (unpaired) electrons. The highest BCUT2D eigenvalue weighted by Crippen LogP contribution is 2.16. The Morgan fingerprint density at radius 3 is 2.50 bits per heavy atom. The van der Waals surface area contributed by atoms with Gasteiger partial charge in [0.1, 0.15) is 5.82 Å². The first-order chi connectivity index (χ1) is 9.58. The molecule has 20 heavy (non-hydrogen) atoms. The highest BCUT2D eigenvalue weighted by Gasteiger charge is 2.03. The van der Waals surface area contributed by atoms with Crippen molar-refractivity contribution in [3.05, 3.63) is 57.8 Å². The SMILES string of the molecule is CSc1ccc(/C=C/c2cc(=O)[nH]c(C(C)C)n2)cc1. The minimum atomic E-state index is -0.110. The number of nitrogens with one attached hydrogen (secondary N) is 1. The molecule has 0 unspecified atom stereocenters. The molecule has 3 nitrogen and oxygen atoms in total. The third-order valence-corrected chi connectivity index (χ3v) is 3.63. The molecule has 0 aliphatic heterocycles. The van der Waals surface area contributed by atoms with Gasteiger partial charge in [-0.25, -0.2) is 4.98 Å². The second-order valence-electron chi connectivity index (χ2n) is 4.82. The number of benzene rings is 1. The van der Waals surface area contributed by atoms with Gasteiger partial charge in [-0.05, 0) is 30.0 Å². The van der Waals surface area contributed by atoms with Crippen molar-refractivity contribution in [2.75, 3.05) is 6.26 Å². The number of aromatic amines is 1. The molecule has 1 aromatic carbocycles. The van der Waals surface area contributed by atoms with E-state index in [1.165, 1.54) is 11.0 Å². The van der Waals surface area contributed by atoms with Crippen LogP contribution in [0.15, 0.2) is 40.0 Å². The van der Waals surface area contributed by atoms with E-state index in [-0.39, 0.29) is 11.5 Å². The summed E-state index contributed by atoms with van der Waals surface area (Å²) in [5.74, 6) is 0.923. The number of rotatable bonds is 4. The standard InChI is InChI=1S/C16H18N2OS/c1-11(2)16-17-13(10-15(19)18-16)7-4-12-5-8-14(20-3)9-6-12/h4-11H,1-3H3,(H,17,18,19)/b7-4+. The van der Waals surface area contributed by atoms with Gasteiger partial charge in [-0.1, -0.05) is 32.1 Å². The van der Waals surface area contributed by atoms with Crippen molar-refractivity contribution in [3.63, 3.8) is 0 Å². The van der Waals surface area contributed by atoms with E-state index in [1.54, 1.807) is 11.8 Å². The largest absolute Gasteiger partial charge is 0.310 e. The minimum absolute atomic E-state index is 0.110. The van der Waals surface area contributed by atoms with Crippen LogP contribution in [0.4, 0.5) is 0 Å². The Hall–Kier alpha value is -1.81. The Balaban J connectivity index is 2.24. The highest BCUT2D eigenvalue weighted by molar-refractivity contribution is 7.98. The van der Waals surface area contributed by atoms with Crippen molar-refractivity contribution < 1.29 is 0 Å². The van der Waals surface area contributed by atoms with E-state index in [0.29, 0.717) is 5.69 Å². The molecule has 2 rings (SSSR count). The predicted octanol–water partition coefficient (Wildman–Crippen LogP) is 3.79. The smallest absolute Gasteiger partial charge is 0.251 e. The second kappa shape index (κ2) is 6.57. The van der Waals surface area contributed by atoms with Gasteiger partial charge in [-0.2, -0.15) is 0 Å².